The third kappa shape index (κ3) is 4.27. The zero-order chi connectivity index (χ0) is 15.2. The molecular formula is C17H25N3O2. The average Bonchev–Trinajstić information content (AvgIpc) is 3.08. The highest BCUT2D eigenvalue weighted by molar-refractivity contribution is 5.78. The molecule has 2 aliphatic rings. The Morgan fingerprint density at radius 3 is 2.86 bits per heavy atom. The fourth-order valence-electron chi connectivity index (χ4n) is 3.24. The number of nitrogens with one attached hydrogen (secondary N) is 1. The molecule has 2 fully saturated rings. The summed E-state index contributed by atoms with van der Waals surface area (Å²) in [6.07, 6.45) is 6.12. The monoisotopic (exact) mass is 303 g/mol. The first kappa shape index (κ1) is 15.4. The largest absolute Gasteiger partial charge is 0.376 e. The van der Waals surface area contributed by atoms with Crippen molar-refractivity contribution in [1.29, 1.82) is 0 Å². The van der Waals surface area contributed by atoms with E-state index in [0.29, 0.717) is 6.54 Å². The van der Waals surface area contributed by atoms with E-state index in [-0.39, 0.29) is 17.9 Å². The van der Waals surface area contributed by atoms with Crippen LogP contribution in [0.4, 0.5) is 0 Å². The molecule has 1 N–H and O–H groups in total. The molecule has 1 aromatic rings. The standard InChI is InChI=1S/C17H25N3O2/c21-17(19-12-16-5-3-11-22-16)14-6-9-20(10-7-14)13-15-4-1-2-8-18-15/h1-2,4,8,14,16H,3,5-7,9-13H2,(H,19,21)/t16-/m1/s1. The van der Waals surface area contributed by atoms with Crippen molar-refractivity contribution >= 4 is 5.91 Å². The van der Waals surface area contributed by atoms with Crippen molar-refractivity contribution in [3.8, 4) is 0 Å². The summed E-state index contributed by atoms with van der Waals surface area (Å²) in [5.74, 6) is 0.356. The number of hydrogen-bond donors (Lipinski definition) is 1. The molecule has 2 aliphatic heterocycles. The van der Waals surface area contributed by atoms with Crippen LogP contribution in [0.15, 0.2) is 24.4 Å². The Bertz CT molecular complexity index is 466. The number of nitrogens with zero attached hydrogens (tertiary/aromatic N) is 2. The third-order valence-electron chi connectivity index (χ3n) is 4.60. The molecule has 1 aromatic heterocycles. The summed E-state index contributed by atoms with van der Waals surface area (Å²) in [6.45, 7) is 4.33. The summed E-state index contributed by atoms with van der Waals surface area (Å²) < 4.78 is 5.54. The molecule has 1 atom stereocenters. The SMILES string of the molecule is O=C(NC[C@H]1CCCO1)C1CCN(Cc2ccccn2)CC1. The van der Waals surface area contributed by atoms with Crippen molar-refractivity contribution in [2.75, 3.05) is 26.2 Å². The Morgan fingerprint density at radius 2 is 2.18 bits per heavy atom. The molecule has 3 heterocycles. The van der Waals surface area contributed by atoms with Gasteiger partial charge in [-0.1, -0.05) is 6.07 Å². The molecule has 2 saturated heterocycles. The second kappa shape index (κ2) is 7.70. The number of amides is 1. The molecule has 1 amide bonds. The van der Waals surface area contributed by atoms with E-state index in [2.05, 4.69) is 21.3 Å². The van der Waals surface area contributed by atoms with E-state index in [1.54, 1.807) is 0 Å². The Hall–Kier alpha value is -1.46. The van der Waals surface area contributed by atoms with Gasteiger partial charge in [0.1, 0.15) is 0 Å². The van der Waals surface area contributed by atoms with E-state index >= 15 is 0 Å². The van der Waals surface area contributed by atoms with E-state index < -0.39 is 0 Å². The smallest absolute Gasteiger partial charge is 0.223 e. The third-order valence-corrected chi connectivity index (χ3v) is 4.60. The maximum absolute atomic E-state index is 12.2. The van der Waals surface area contributed by atoms with Gasteiger partial charge in [-0.15, -0.1) is 0 Å². The zero-order valence-corrected chi connectivity index (χ0v) is 13.0. The van der Waals surface area contributed by atoms with Crippen LogP contribution in [0.5, 0.6) is 0 Å². The van der Waals surface area contributed by atoms with Crippen molar-refractivity contribution in [2.24, 2.45) is 5.92 Å². The Kier molecular flexibility index (Phi) is 5.40. The van der Waals surface area contributed by atoms with Gasteiger partial charge in [0.15, 0.2) is 0 Å². The lowest BCUT2D eigenvalue weighted by Gasteiger charge is -2.31. The minimum Gasteiger partial charge on any atom is -0.376 e. The molecule has 5 heteroatoms. The van der Waals surface area contributed by atoms with Crippen LogP contribution in [0, 0.1) is 5.92 Å². The summed E-state index contributed by atoms with van der Waals surface area (Å²) >= 11 is 0. The molecule has 5 nitrogen and oxygen atoms in total. The second-order valence-electron chi connectivity index (χ2n) is 6.25. The van der Waals surface area contributed by atoms with Gasteiger partial charge in [0.2, 0.25) is 5.91 Å². The minimum atomic E-state index is 0.154. The van der Waals surface area contributed by atoms with E-state index in [1.165, 1.54) is 0 Å². The minimum absolute atomic E-state index is 0.154. The van der Waals surface area contributed by atoms with Crippen molar-refractivity contribution in [2.45, 2.75) is 38.3 Å². The fourth-order valence-corrected chi connectivity index (χ4v) is 3.24. The van der Waals surface area contributed by atoms with Gasteiger partial charge in [-0.25, -0.2) is 0 Å². The number of rotatable bonds is 5. The van der Waals surface area contributed by atoms with E-state index in [1.807, 2.05) is 18.3 Å². The highest BCUT2D eigenvalue weighted by atomic mass is 16.5. The van der Waals surface area contributed by atoms with Crippen LogP contribution in [0.2, 0.25) is 0 Å². The Labute approximate surface area is 132 Å². The molecule has 0 radical (unpaired) electrons. The van der Waals surface area contributed by atoms with Crippen LogP contribution in [0.25, 0.3) is 0 Å². The first-order valence-corrected chi connectivity index (χ1v) is 8.33. The first-order chi connectivity index (χ1) is 10.8. The Morgan fingerprint density at radius 1 is 1.32 bits per heavy atom. The number of piperidine rings is 1. The molecule has 3 rings (SSSR count). The van der Waals surface area contributed by atoms with Gasteiger partial charge in [-0.2, -0.15) is 0 Å². The molecule has 0 aliphatic carbocycles. The van der Waals surface area contributed by atoms with Crippen LogP contribution >= 0.6 is 0 Å². The number of carbonyl (C=O) groups is 1. The predicted octanol–water partition coefficient (Wildman–Crippen LogP) is 1.59. The number of likely N-dealkylation sites (tertiary alicyclic amines) is 1. The van der Waals surface area contributed by atoms with Crippen LogP contribution in [0.1, 0.15) is 31.4 Å². The molecule has 0 aromatic carbocycles. The molecule has 22 heavy (non-hydrogen) atoms. The van der Waals surface area contributed by atoms with E-state index in [4.69, 9.17) is 4.74 Å². The topological polar surface area (TPSA) is 54.5 Å². The molecule has 0 unspecified atom stereocenters. The highest BCUT2D eigenvalue weighted by Gasteiger charge is 2.26. The molecular weight excluding hydrogens is 278 g/mol. The number of pyridine rings is 1. The zero-order valence-electron chi connectivity index (χ0n) is 13.0. The summed E-state index contributed by atoms with van der Waals surface area (Å²) in [5.41, 5.74) is 1.10. The number of hydrogen-bond acceptors (Lipinski definition) is 4. The normalized spacial score (nSPS) is 23.5. The maximum atomic E-state index is 12.2. The van der Waals surface area contributed by atoms with E-state index in [0.717, 1.165) is 57.6 Å². The molecule has 0 bridgehead atoms. The van der Waals surface area contributed by atoms with Gasteiger partial charge >= 0.3 is 0 Å². The molecule has 0 saturated carbocycles. The fraction of sp³-hybridized carbons (Fsp3) is 0.647. The van der Waals surface area contributed by atoms with Gasteiger partial charge in [-0.3, -0.25) is 14.7 Å². The van der Waals surface area contributed by atoms with Gasteiger partial charge in [-0.05, 0) is 50.9 Å². The van der Waals surface area contributed by atoms with Crippen LogP contribution in [-0.4, -0.2) is 48.1 Å². The lowest BCUT2D eigenvalue weighted by molar-refractivity contribution is -0.127. The van der Waals surface area contributed by atoms with Crippen molar-refractivity contribution in [3.05, 3.63) is 30.1 Å². The average molecular weight is 303 g/mol. The van der Waals surface area contributed by atoms with Crippen molar-refractivity contribution in [1.82, 2.24) is 15.2 Å². The van der Waals surface area contributed by atoms with Crippen LogP contribution < -0.4 is 5.32 Å². The van der Waals surface area contributed by atoms with Gasteiger partial charge < -0.3 is 10.1 Å². The van der Waals surface area contributed by atoms with E-state index in [9.17, 15) is 4.79 Å². The van der Waals surface area contributed by atoms with Crippen LogP contribution in [-0.2, 0) is 16.1 Å². The van der Waals surface area contributed by atoms with Crippen molar-refractivity contribution in [3.63, 3.8) is 0 Å². The van der Waals surface area contributed by atoms with Crippen LogP contribution in [0.3, 0.4) is 0 Å². The van der Waals surface area contributed by atoms with Gasteiger partial charge in [0.25, 0.3) is 0 Å². The number of aromatic nitrogens is 1. The first-order valence-electron chi connectivity index (χ1n) is 8.33. The summed E-state index contributed by atoms with van der Waals surface area (Å²) in [4.78, 5) is 19.0. The van der Waals surface area contributed by atoms with Crippen molar-refractivity contribution < 1.29 is 9.53 Å². The summed E-state index contributed by atoms with van der Waals surface area (Å²) in [6, 6.07) is 6.02. The number of carbonyl (C=O) groups excluding carboxylic acids is 1. The lowest BCUT2D eigenvalue weighted by Crippen LogP contribution is -2.42. The Balaban J connectivity index is 1.38. The quantitative estimate of drug-likeness (QED) is 0.897. The van der Waals surface area contributed by atoms with Gasteiger partial charge in [0, 0.05) is 31.8 Å². The lowest BCUT2D eigenvalue weighted by atomic mass is 9.95. The maximum Gasteiger partial charge on any atom is 0.223 e. The highest BCUT2D eigenvalue weighted by Crippen LogP contribution is 2.19. The van der Waals surface area contributed by atoms with Gasteiger partial charge in [0.05, 0.1) is 11.8 Å². The second-order valence-corrected chi connectivity index (χ2v) is 6.25. The predicted molar refractivity (Wildman–Crippen MR) is 84.2 cm³/mol. The summed E-state index contributed by atoms with van der Waals surface area (Å²) in [5, 5.41) is 3.06. The molecule has 0 spiro atoms. The number of ether oxygens (including phenoxy) is 1. The molecule has 120 valence electrons. The summed E-state index contributed by atoms with van der Waals surface area (Å²) in [7, 11) is 0.